The summed E-state index contributed by atoms with van der Waals surface area (Å²) in [5, 5.41) is 0.639. The van der Waals surface area contributed by atoms with Crippen molar-refractivity contribution in [2.24, 2.45) is 5.73 Å². The molecule has 1 unspecified atom stereocenters. The second-order valence-electron chi connectivity index (χ2n) is 5.20. The van der Waals surface area contributed by atoms with Crippen LogP contribution in [0.15, 0.2) is 29.2 Å². The van der Waals surface area contributed by atoms with E-state index in [-0.39, 0.29) is 0 Å². The van der Waals surface area contributed by atoms with E-state index in [9.17, 15) is 0 Å². The van der Waals surface area contributed by atoms with Crippen molar-refractivity contribution in [2.45, 2.75) is 49.8 Å². The smallest absolute Gasteiger partial charge is 0.0364 e. The molecule has 18 heavy (non-hydrogen) atoms. The molecule has 1 rings (SSSR count). The Hall–Kier alpha value is -0.670. The Kier molecular flexibility index (Phi) is 6.58. The molecule has 0 aliphatic rings. The van der Waals surface area contributed by atoms with Crippen molar-refractivity contribution >= 4 is 17.4 Å². The van der Waals surface area contributed by atoms with Crippen molar-refractivity contribution in [2.75, 3.05) is 18.5 Å². The summed E-state index contributed by atoms with van der Waals surface area (Å²) < 4.78 is 0. The maximum absolute atomic E-state index is 5.76. The van der Waals surface area contributed by atoms with Crippen molar-refractivity contribution in [3.05, 3.63) is 24.3 Å². The molecule has 102 valence electrons. The van der Waals surface area contributed by atoms with Gasteiger partial charge in [0.25, 0.3) is 0 Å². The Labute approximate surface area is 116 Å². The lowest BCUT2D eigenvalue weighted by atomic mass is 10.2. The van der Waals surface area contributed by atoms with Crippen LogP contribution in [0.4, 0.5) is 5.69 Å². The first-order valence-electron chi connectivity index (χ1n) is 6.72. The molecular formula is C15H26N2S. The molecule has 0 aliphatic carbocycles. The van der Waals surface area contributed by atoms with Gasteiger partial charge in [-0.05, 0) is 44.0 Å². The molecule has 0 aromatic heterocycles. The highest BCUT2D eigenvalue weighted by molar-refractivity contribution is 7.99. The summed E-state index contributed by atoms with van der Waals surface area (Å²) >= 11 is 1.91. The highest BCUT2D eigenvalue weighted by atomic mass is 32.2. The summed E-state index contributed by atoms with van der Waals surface area (Å²) in [6.45, 7) is 7.58. The SMILES string of the molecule is CC(N)CCCN(C)c1ccc(SC(C)C)cc1. The van der Waals surface area contributed by atoms with Crippen molar-refractivity contribution < 1.29 is 0 Å². The quantitative estimate of drug-likeness (QED) is 0.762. The topological polar surface area (TPSA) is 29.3 Å². The van der Waals surface area contributed by atoms with Crippen molar-refractivity contribution in [3.8, 4) is 0 Å². The van der Waals surface area contributed by atoms with Crippen LogP contribution in [0.5, 0.6) is 0 Å². The molecule has 0 bridgehead atoms. The molecule has 2 nitrogen and oxygen atoms in total. The highest BCUT2D eigenvalue weighted by Crippen LogP contribution is 2.25. The molecule has 0 aliphatic heterocycles. The number of hydrogen-bond acceptors (Lipinski definition) is 3. The van der Waals surface area contributed by atoms with Gasteiger partial charge in [-0.25, -0.2) is 0 Å². The van der Waals surface area contributed by atoms with Gasteiger partial charge in [-0.15, -0.1) is 11.8 Å². The van der Waals surface area contributed by atoms with Gasteiger partial charge in [-0.3, -0.25) is 0 Å². The lowest BCUT2D eigenvalue weighted by Crippen LogP contribution is -2.21. The van der Waals surface area contributed by atoms with E-state index in [0.29, 0.717) is 11.3 Å². The third-order valence-corrected chi connectivity index (χ3v) is 3.82. The molecule has 0 radical (unpaired) electrons. The predicted molar refractivity (Wildman–Crippen MR) is 83.6 cm³/mol. The lowest BCUT2D eigenvalue weighted by molar-refractivity contribution is 0.621. The molecule has 1 aromatic carbocycles. The van der Waals surface area contributed by atoms with Crippen LogP contribution in [-0.4, -0.2) is 24.9 Å². The minimum atomic E-state index is 0.309. The summed E-state index contributed by atoms with van der Waals surface area (Å²) in [6, 6.07) is 9.14. The molecule has 2 N–H and O–H groups in total. The number of anilines is 1. The summed E-state index contributed by atoms with van der Waals surface area (Å²) in [5.41, 5.74) is 7.05. The van der Waals surface area contributed by atoms with E-state index in [1.165, 1.54) is 10.6 Å². The fourth-order valence-electron chi connectivity index (χ4n) is 1.83. The second kappa shape index (κ2) is 7.70. The van der Waals surface area contributed by atoms with Gasteiger partial charge in [0.2, 0.25) is 0 Å². The molecule has 0 spiro atoms. The molecule has 0 fully saturated rings. The van der Waals surface area contributed by atoms with Crippen LogP contribution in [0, 0.1) is 0 Å². The zero-order valence-electron chi connectivity index (χ0n) is 12.0. The highest BCUT2D eigenvalue weighted by Gasteiger charge is 2.03. The minimum Gasteiger partial charge on any atom is -0.375 e. The third kappa shape index (κ3) is 5.78. The third-order valence-electron chi connectivity index (χ3n) is 2.80. The summed E-state index contributed by atoms with van der Waals surface area (Å²) in [7, 11) is 2.14. The number of hydrogen-bond donors (Lipinski definition) is 1. The van der Waals surface area contributed by atoms with Crippen LogP contribution < -0.4 is 10.6 Å². The number of thioether (sulfide) groups is 1. The van der Waals surface area contributed by atoms with E-state index < -0.39 is 0 Å². The molecule has 3 heteroatoms. The monoisotopic (exact) mass is 266 g/mol. The molecule has 0 heterocycles. The fourth-order valence-corrected chi connectivity index (χ4v) is 2.67. The fraction of sp³-hybridized carbons (Fsp3) is 0.600. The van der Waals surface area contributed by atoms with Gasteiger partial charge in [-0.2, -0.15) is 0 Å². The number of nitrogens with zero attached hydrogens (tertiary/aromatic N) is 1. The molecule has 1 aromatic rings. The van der Waals surface area contributed by atoms with Crippen LogP contribution in [0.25, 0.3) is 0 Å². The first-order valence-corrected chi connectivity index (χ1v) is 7.60. The molecule has 0 amide bonds. The molecule has 0 saturated heterocycles. The van der Waals surface area contributed by atoms with E-state index in [2.05, 4.69) is 57.0 Å². The van der Waals surface area contributed by atoms with Gasteiger partial charge in [0.05, 0.1) is 0 Å². The van der Waals surface area contributed by atoms with E-state index >= 15 is 0 Å². The van der Waals surface area contributed by atoms with Gasteiger partial charge in [0.1, 0.15) is 0 Å². The van der Waals surface area contributed by atoms with Gasteiger partial charge in [0, 0.05) is 35.5 Å². The number of benzene rings is 1. The first kappa shape index (κ1) is 15.4. The lowest BCUT2D eigenvalue weighted by Gasteiger charge is -2.20. The molecular weight excluding hydrogens is 240 g/mol. The van der Waals surface area contributed by atoms with E-state index in [0.717, 1.165) is 19.4 Å². The molecule has 1 atom stereocenters. The van der Waals surface area contributed by atoms with Crippen molar-refractivity contribution in [3.63, 3.8) is 0 Å². The Bertz CT molecular complexity index is 333. The first-order chi connectivity index (χ1) is 8.49. The van der Waals surface area contributed by atoms with Gasteiger partial charge in [0.15, 0.2) is 0 Å². The van der Waals surface area contributed by atoms with Crippen molar-refractivity contribution in [1.82, 2.24) is 0 Å². The van der Waals surface area contributed by atoms with Crippen LogP contribution in [0.1, 0.15) is 33.6 Å². The Balaban J connectivity index is 2.46. The maximum Gasteiger partial charge on any atom is 0.0364 e. The zero-order valence-corrected chi connectivity index (χ0v) is 12.8. The van der Waals surface area contributed by atoms with Gasteiger partial charge < -0.3 is 10.6 Å². The number of nitrogens with two attached hydrogens (primary N) is 1. The zero-order chi connectivity index (χ0) is 13.5. The summed E-state index contributed by atoms with van der Waals surface area (Å²) in [6.07, 6.45) is 2.24. The second-order valence-corrected chi connectivity index (χ2v) is 6.85. The average Bonchev–Trinajstić information content (AvgIpc) is 2.28. The van der Waals surface area contributed by atoms with Crippen LogP contribution in [-0.2, 0) is 0 Å². The standard InChI is InChI=1S/C15H26N2S/c1-12(2)18-15-9-7-14(8-10-15)17(4)11-5-6-13(3)16/h7-10,12-13H,5-6,11,16H2,1-4H3. The van der Waals surface area contributed by atoms with Crippen LogP contribution in [0.2, 0.25) is 0 Å². The summed E-state index contributed by atoms with van der Waals surface area (Å²) in [5.74, 6) is 0. The van der Waals surface area contributed by atoms with Crippen LogP contribution in [0.3, 0.4) is 0 Å². The van der Waals surface area contributed by atoms with Crippen LogP contribution >= 0.6 is 11.8 Å². The normalized spacial score (nSPS) is 12.8. The van der Waals surface area contributed by atoms with Crippen molar-refractivity contribution in [1.29, 1.82) is 0 Å². The Morgan fingerprint density at radius 3 is 2.28 bits per heavy atom. The maximum atomic E-state index is 5.76. The minimum absolute atomic E-state index is 0.309. The number of rotatable bonds is 7. The largest absolute Gasteiger partial charge is 0.375 e. The predicted octanol–water partition coefficient (Wildman–Crippen LogP) is 3.75. The summed E-state index contributed by atoms with van der Waals surface area (Å²) in [4.78, 5) is 3.64. The van der Waals surface area contributed by atoms with E-state index in [4.69, 9.17) is 5.73 Å². The average molecular weight is 266 g/mol. The van der Waals surface area contributed by atoms with E-state index in [1.54, 1.807) is 0 Å². The molecule has 0 saturated carbocycles. The Morgan fingerprint density at radius 1 is 1.17 bits per heavy atom. The van der Waals surface area contributed by atoms with E-state index in [1.807, 2.05) is 11.8 Å². The Morgan fingerprint density at radius 2 is 1.78 bits per heavy atom. The van der Waals surface area contributed by atoms with Gasteiger partial charge in [-0.1, -0.05) is 13.8 Å². The van der Waals surface area contributed by atoms with Gasteiger partial charge >= 0.3 is 0 Å².